The molecule has 0 bridgehead atoms. The molecule has 1 aromatic carbocycles. The third kappa shape index (κ3) is 4.68. The van der Waals surface area contributed by atoms with Gasteiger partial charge in [0.15, 0.2) is 5.11 Å². The van der Waals surface area contributed by atoms with Crippen LogP contribution >= 0.6 is 23.8 Å². The summed E-state index contributed by atoms with van der Waals surface area (Å²) >= 11 is 10.8. The van der Waals surface area contributed by atoms with Gasteiger partial charge in [-0.1, -0.05) is 17.7 Å². The average Bonchev–Trinajstić information content (AvgIpc) is 2.50. The van der Waals surface area contributed by atoms with Gasteiger partial charge in [0.1, 0.15) is 11.6 Å². The second-order valence-electron chi connectivity index (χ2n) is 4.23. The second-order valence-corrected chi connectivity index (χ2v) is 5.08. The van der Waals surface area contributed by atoms with Gasteiger partial charge in [0.2, 0.25) is 0 Å². The third-order valence-corrected chi connectivity index (χ3v) is 3.03. The summed E-state index contributed by atoms with van der Waals surface area (Å²) < 4.78 is 5.36. The number of ether oxygens (including phenoxy) is 1. The maximum absolute atomic E-state index is 12.1. The molecule has 2 aromatic rings. The number of nitrogens with zero attached hydrogens (tertiary/aromatic N) is 1. The van der Waals surface area contributed by atoms with Gasteiger partial charge in [-0.2, -0.15) is 0 Å². The minimum atomic E-state index is -0.326. The normalized spacial score (nSPS) is 9.91. The number of hydrogen-bond acceptors (Lipinski definition) is 4. The highest BCUT2D eigenvalue weighted by Crippen LogP contribution is 2.13. The Kier molecular flexibility index (Phi) is 5.68. The smallest absolute Gasteiger partial charge is 0.257 e. The van der Waals surface area contributed by atoms with Crippen molar-refractivity contribution in [1.82, 2.24) is 10.3 Å². The second kappa shape index (κ2) is 7.72. The third-order valence-electron chi connectivity index (χ3n) is 2.60. The first-order chi connectivity index (χ1) is 10.6. The molecule has 22 heavy (non-hydrogen) atoms. The van der Waals surface area contributed by atoms with Crippen LogP contribution in [-0.4, -0.2) is 22.6 Å². The minimum Gasteiger partial charge on any atom is -0.494 e. The van der Waals surface area contributed by atoms with E-state index in [-0.39, 0.29) is 11.0 Å². The zero-order valence-electron chi connectivity index (χ0n) is 11.8. The summed E-state index contributed by atoms with van der Waals surface area (Å²) in [6.07, 6.45) is 1.49. The fourth-order valence-corrected chi connectivity index (χ4v) is 1.98. The molecule has 5 nitrogen and oxygen atoms in total. The SMILES string of the molecule is CCOc1cccc(C(=O)NC(=S)Nc2ccc(Cl)cn2)c1. The number of halogens is 1. The number of benzene rings is 1. The molecule has 1 aromatic heterocycles. The Hall–Kier alpha value is -2.18. The summed E-state index contributed by atoms with van der Waals surface area (Å²) in [7, 11) is 0. The number of hydrogen-bond donors (Lipinski definition) is 2. The van der Waals surface area contributed by atoms with E-state index in [1.54, 1.807) is 36.4 Å². The summed E-state index contributed by atoms with van der Waals surface area (Å²) in [4.78, 5) is 16.2. The van der Waals surface area contributed by atoms with Gasteiger partial charge in [-0.05, 0) is 49.5 Å². The summed E-state index contributed by atoms with van der Waals surface area (Å²) in [6.45, 7) is 2.41. The molecule has 0 aliphatic heterocycles. The Balaban J connectivity index is 1.97. The number of nitrogens with one attached hydrogen (secondary N) is 2. The van der Waals surface area contributed by atoms with Crippen LogP contribution in [0, 0.1) is 0 Å². The van der Waals surface area contributed by atoms with Crippen molar-refractivity contribution in [2.24, 2.45) is 0 Å². The molecule has 0 aliphatic rings. The van der Waals surface area contributed by atoms with Crippen molar-refractivity contribution in [3.05, 3.63) is 53.2 Å². The molecule has 1 amide bonds. The van der Waals surface area contributed by atoms with Gasteiger partial charge in [0.05, 0.1) is 11.6 Å². The number of amides is 1. The molecule has 0 aliphatic carbocycles. The fraction of sp³-hybridized carbons (Fsp3) is 0.133. The van der Waals surface area contributed by atoms with Crippen molar-refractivity contribution in [2.45, 2.75) is 6.92 Å². The lowest BCUT2D eigenvalue weighted by Gasteiger charge is -2.10. The van der Waals surface area contributed by atoms with Crippen LogP contribution in [0.5, 0.6) is 5.75 Å². The van der Waals surface area contributed by atoms with Gasteiger partial charge in [0.25, 0.3) is 5.91 Å². The Labute approximate surface area is 138 Å². The number of aromatic nitrogens is 1. The Morgan fingerprint density at radius 2 is 2.18 bits per heavy atom. The predicted molar refractivity (Wildman–Crippen MR) is 90.5 cm³/mol. The van der Waals surface area contributed by atoms with Crippen molar-refractivity contribution in [1.29, 1.82) is 0 Å². The van der Waals surface area contributed by atoms with Crippen molar-refractivity contribution >= 4 is 40.7 Å². The first-order valence-electron chi connectivity index (χ1n) is 6.55. The van der Waals surface area contributed by atoms with Crippen LogP contribution in [0.1, 0.15) is 17.3 Å². The van der Waals surface area contributed by atoms with Crippen LogP contribution in [0.2, 0.25) is 5.02 Å². The molecule has 114 valence electrons. The van der Waals surface area contributed by atoms with Crippen molar-refractivity contribution < 1.29 is 9.53 Å². The quantitative estimate of drug-likeness (QED) is 0.840. The summed E-state index contributed by atoms with van der Waals surface area (Å²) in [5.41, 5.74) is 0.458. The topological polar surface area (TPSA) is 63.2 Å². The van der Waals surface area contributed by atoms with Gasteiger partial charge in [0, 0.05) is 11.8 Å². The van der Waals surface area contributed by atoms with E-state index in [1.165, 1.54) is 6.20 Å². The zero-order valence-corrected chi connectivity index (χ0v) is 13.4. The molecule has 0 atom stereocenters. The highest BCUT2D eigenvalue weighted by Gasteiger charge is 2.09. The Morgan fingerprint density at radius 1 is 1.36 bits per heavy atom. The van der Waals surface area contributed by atoms with Gasteiger partial charge in [-0.3, -0.25) is 10.1 Å². The van der Waals surface area contributed by atoms with E-state index in [0.717, 1.165) is 0 Å². The van der Waals surface area contributed by atoms with E-state index in [9.17, 15) is 4.79 Å². The van der Waals surface area contributed by atoms with E-state index in [0.29, 0.717) is 28.8 Å². The van der Waals surface area contributed by atoms with Crippen LogP contribution in [0.3, 0.4) is 0 Å². The van der Waals surface area contributed by atoms with Crippen LogP contribution < -0.4 is 15.4 Å². The molecule has 0 saturated carbocycles. The standard InChI is InChI=1S/C15H14ClN3O2S/c1-2-21-12-5-3-4-10(8-12)14(20)19-15(22)18-13-7-6-11(16)9-17-13/h3-9H,2H2,1H3,(H2,17,18,19,20,22). The number of thiocarbonyl (C=S) groups is 1. The van der Waals surface area contributed by atoms with E-state index < -0.39 is 0 Å². The van der Waals surface area contributed by atoms with Crippen molar-refractivity contribution in [3.8, 4) is 5.75 Å². The molecular formula is C15H14ClN3O2S. The van der Waals surface area contributed by atoms with Gasteiger partial charge in [-0.15, -0.1) is 0 Å². The molecule has 1 heterocycles. The lowest BCUT2D eigenvalue weighted by molar-refractivity contribution is 0.0977. The predicted octanol–water partition coefficient (Wildman–Crippen LogP) is 3.26. The highest BCUT2D eigenvalue weighted by atomic mass is 35.5. The van der Waals surface area contributed by atoms with Crippen molar-refractivity contribution in [2.75, 3.05) is 11.9 Å². The Morgan fingerprint density at radius 3 is 2.86 bits per heavy atom. The van der Waals surface area contributed by atoms with Gasteiger partial charge >= 0.3 is 0 Å². The summed E-state index contributed by atoms with van der Waals surface area (Å²) in [5.74, 6) is 0.805. The number of carbonyl (C=O) groups is 1. The zero-order chi connectivity index (χ0) is 15.9. The number of pyridine rings is 1. The molecule has 2 N–H and O–H groups in total. The highest BCUT2D eigenvalue weighted by molar-refractivity contribution is 7.80. The number of carbonyl (C=O) groups excluding carboxylic acids is 1. The minimum absolute atomic E-state index is 0.154. The lowest BCUT2D eigenvalue weighted by atomic mass is 10.2. The van der Waals surface area contributed by atoms with E-state index >= 15 is 0 Å². The average molecular weight is 336 g/mol. The molecule has 0 spiro atoms. The number of anilines is 1. The first-order valence-corrected chi connectivity index (χ1v) is 7.34. The molecule has 2 rings (SSSR count). The van der Waals surface area contributed by atoms with Crippen molar-refractivity contribution in [3.63, 3.8) is 0 Å². The molecule has 0 saturated heterocycles. The molecule has 0 fully saturated rings. The van der Waals surface area contributed by atoms with Crippen LogP contribution in [0.25, 0.3) is 0 Å². The largest absolute Gasteiger partial charge is 0.494 e. The lowest BCUT2D eigenvalue weighted by Crippen LogP contribution is -2.34. The molecular weight excluding hydrogens is 322 g/mol. The maximum atomic E-state index is 12.1. The van der Waals surface area contributed by atoms with E-state index in [1.807, 2.05) is 6.92 Å². The van der Waals surface area contributed by atoms with Gasteiger partial charge < -0.3 is 10.1 Å². The molecule has 7 heteroatoms. The summed E-state index contributed by atoms with van der Waals surface area (Å²) in [6, 6.07) is 10.2. The van der Waals surface area contributed by atoms with E-state index in [4.69, 9.17) is 28.6 Å². The monoisotopic (exact) mass is 335 g/mol. The Bertz CT molecular complexity index is 677. The molecule has 0 unspecified atom stereocenters. The van der Waals surface area contributed by atoms with E-state index in [2.05, 4.69) is 15.6 Å². The van der Waals surface area contributed by atoms with Crippen LogP contribution in [0.15, 0.2) is 42.6 Å². The fourth-order valence-electron chi connectivity index (χ4n) is 1.67. The first kappa shape index (κ1) is 16.2. The number of rotatable bonds is 4. The van der Waals surface area contributed by atoms with Gasteiger partial charge in [-0.25, -0.2) is 4.98 Å². The maximum Gasteiger partial charge on any atom is 0.257 e. The van der Waals surface area contributed by atoms with Crippen LogP contribution in [-0.2, 0) is 0 Å². The van der Waals surface area contributed by atoms with Crippen LogP contribution in [0.4, 0.5) is 5.82 Å². The summed E-state index contributed by atoms with van der Waals surface area (Å²) in [5, 5.41) is 6.07. The molecule has 0 radical (unpaired) electrons.